The van der Waals surface area contributed by atoms with Crippen molar-refractivity contribution in [2.24, 2.45) is 40.4 Å². The molecule has 132 valence electrons. The van der Waals surface area contributed by atoms with Crippen LogP contribution in [0.1, 0.15) is 48.0 Å². The Hall–Kier alpha value is -1.57. The summed E-state index contributed by atoms with van der Waals surface area (Å²) in [4.78, 5) is 25.2. The lowest BCUT2D eigenvalue weighted by atomic mass is 9.70. The first-order valence-corrected chi connectivity index (χ1v) is 8.94. The van der Waals surface area contributed by atoms with E-state index in [1.807, 2.05) is 41.5 Å². The van der Waals surface area contributed by atoms with Crippen LogP contribution in [-0.4, -0.2) is 24.1 Å². The van der Waals surface area contributed by atoms with Crippen LogP contribution in [-0.2, 0) is 19.1 Å². The van der Waals surface area contributed by atoms with Crippen LogP contribution < -0.4 is 0 Å². The second-order valence-electron chi connectivity index (χ2n) is 8.67. The third-order valence-corrected chi connectivity index (χ3v) is 7.36. The van der Waals surface area contributed by atoms with E-state index in [1.54, 1.807) is 0 Å². The number of carbonyl (C=O) groups is 2. The van der Waals surface area contributed by atoms with Crippen molar-refractivity contribution in [2.45, 2.75) is 60.2 Å². The summed E-state index contributed by atoms with van der Waals surface area (Å²) in [7, 11) is 0. The highest BCUT2D eigenvalue weighted by Crippen LogP contribution is 2.65. The predicted molar refractivity (Wildman–Crippen MR) is 86.4 cm³/mol. The maximum absolute atomic E-state index is 13.0. The van der Waals surface area contributed by atoms with E-state index in [-0.39, 0.29) is 35.6 Å². The molecule has 0 amide bonds. The average molecular weight is 333 g/mol. The molecular formula is C19H27NO4. The van der Waals surface area contributed by atoms with Gasteiger partial charge in [0.05, 0.1) is 11.5 Å². The minimum atomic E-state index is -1.02. The van der Waals surface area contributed by atoms with Gasteiger partial charge in [-0.2, -0.15) is 5.26 Å². The van der Waals surface area contributed by atoms with E-state index in [1.165, 1.54) is 0 Å². The van der Waals surface area contributed by atoms with Crippen LogP contribution in [0.3, 0.4) is 0 Å². The van der Waals surface area contributed by atoms with Crippen molar-refractivity contribution in [1.29, 1.82) is 5.26 Å². The molecule has 1 aliphatic heterocycles. The zero-order valence-corrected chi connectivity index (χ0v) is 15.3. The number of fused-ring (bicyclic) bond motifs is 1. The van der Waals surface area contributed by atoms with Gasteiger partial charge in [0.2, 0.25) is 0 Å². The van der Waals surface area contributed by atoms with E-state index in [9.17, 15) is 14.9 Å². The van der Waals surface area contributed by atoms with Crippen LogP contribution in [0, 0.1) is 51.8 Å². The first kappa shape index (κ1) is 17.3. The number of rotatable bonds is 4. The van der Waals surface area contributed by atoms with Crippen molar-refractivity contribution >= 4 is 11.9 Å². The largest absolute Gasteiger partial charge is 0.458 e. The number of ether oxygens (including phenoxy) is 2. The Balaban J connectivity index is 1.86. The van der Waals surface area contributed by atoms with Crippen molar-refractivity contribution in [1.82, 2.24) is 0 Å². The third kappa shape index (κ3) is 1.86. The van der Waals surface area contributed by atoms with Gasteiger partial charge in [-0.15, -0.1) is 0 Å². The number of nitriles is 1. The van der Waals surface area contributed by atoms with Crippen molar-refractivity contribution in [3.8, 4) is 6.07 Å². The number of esters is 2. The minimum Gasteiger partial charge on any atom is -0.458 e. The van der Waals surface area contributed by atoms with Gasteiger partial charge in [0.15, 0.2) is 5.41 Å². The van der Waals surface area contributed by atoms with E-state index in [2.05, 4.69) is 6.07 Å². The molecule has 5 heteroatoms. The summed E-state index contributed by atoms with van der Waals surface area (Å²) in [6.07, 6.45) is -0.427. The molecule has 3 fully saturated rings. The first-order chi connectivity index (χ1) is 11.1. The summed E-state index contributed by atoms with van der Waals surface area (Å²) in [5, 5.41) is 9.54. The van der Waals surface area contributed by atoms with E-state index in [0.29, 0.717) is 6.42 Å². The fraction of sp³-hybridized carbons (Fsp3) is 0.842. The molecule has 24 heavy (non-hydrogen) atoms. The van der Waals surface area contributed by atoms with Crippen molar-refractivity contribution in [3.63, 3.8) is 0 Å². The maximum Gasteiger partial charge on any atom is 0.327 e. The van der Waals surface area contributed by atoms with Gasteiger partial charge in [-0.05, 0) is 31.1 Å². The molecule has 2 bridgehead atoms. The topological polar surface area (TPSA) is 76.4 Å². The van der Waals surface area contributed by atoms with E-state index in [4.69, 9.17) is 9.47 Å². The molecule has 0 N–H and O–H groups in total. The van der Waals surface area contributed by atoms with Crippen LogP contribution in [0.5, 0.6) is 0 Å². The summed E-state index contributed by atoms with van der Waals surface area (Å²) < 4.78 is 11.5. The molecule has 2 saturated carbocycles. The van der Waals surface area contributed by atoms with Crippen LogP contribution >= 0.6 is 0 Å². The van der Waals surface area contributed by atoms with Gasteiger partial charge in [0.1, 0.15) is 12.2 Å². The van der Waals surface area contributed by atoms with Gasteiger partial charge in [-0.1, -0.05) is 34.6 Å². The van der Waals surface area contributed by atoms with E-state index < -0.39 is 29.0 Å². The summed E-state index contributed by atoms with van der Waals surface area (Å²) in [5.74, 6) is -0.328. The molecule has 0 radical (unpaired) electrons. The monoisotopic (exact) mass is 333 g/mol. The summed E-state index contributed by atoms with van der Waals surface area (Å²) in [6, 6.07) is 2.21. The first-order valence-electron chi connectivity index (χ1n) is 8.94. The van der Waals surface area contributed by atoms with Gasteiger partial charge in [0, 0.05) is 11.8 Å². The van der Waals surface area contributed by atoms with Gasteiger partial charge < -0.3 is 9.47 Å². The quantitative estimate of drug-likeness (QED) is 0.739. The normalized spacial score (nSPS) is 40.1. The average Bonchev–Trinajstić information content (AvgIpc) is 3.03. The second-order valence-corrected chi connectivity index (χ2v) is 8.67. The Bertz CT molecular complexity index is 611. The Morgan fingerprint density at radius 3 is 2.46 bits per heavy atom. The van der Waals surface area contributed by atoms with Crippen LogP contribution in [0.4, 0.5) is 0 Å². The second kappa shape index (κ2) is 5.21. The molecule has 3 rings (SSSR count). The fourth-order valence-corrected chi connectivity index (χ4v) is 5.15. The maximum atomic E-state index is 13.0. The highest BCUT2D eigenvalue weighted by molar-refractivity contribution is 5.85. The zero-order valence-electron chi connectivity index (χ0n) is 15.3. The molecule has 2 aliphatic carbocycles. The third-order valence-electron chi connectivity index (χ3n) is 7.36. The number of hydrogen-bond donors (Lipinski definition) is 0. The van der Waals surface area contributed by atoms with E-state index in [0.717, 1.165) is 0 Å². The molecule has 1 saturated heterocycles. The molecule has 6 unspecified atom stereocenters. The van der Waals surface area contributed by atoms with Crippen molar-refractivity contribution < 1.29 is 19.1 Å². The number of hydrogen-bond acceptors (Lipinski definition) is 5. The van der Waals surface area contributed by atoms with Crippen LogP contribution in [0.25, 0.3) is 0 Å². The number of nitrogens with zero attached hydrogens (tertiary/aromatic N) is 1. The van der Waals surface area contributed by atoms with Crippen molar-refractivity contribution in [2.75, 3.05) is 0 Å². The molecule has 0 aromatic heterocycles. The number of carbonyl (C=O) groups excluding carboxylic acids is 2. The van der Waals surface area contributed by atoms with Gasteiger partial charge >= 0.3 is 11.9 Å². The smallest absolute Gasteiger partial charge is 0.327 e. The van der Waals surface area contributed by atoms with Crippen LogP contribution in [0.15, 0.2) is 0 Å². The zero-order chi connectivity index (χ0) is 18.0. The molecule has 0 aromatic rings. The molecule has 6 atom stereocenters. The van der Waals surface area contributed by atoms with Crippen molar-refractivity contribution in [3.05, 3.63) is 0 Å². The van der Waals surface area contributed by atoms with E-state index >= 15 is 0 Å². The minimum absolute atomic E-state index is 0.0265. The highest BCUT2D eigenvalue weighted by Gasteiger charge is 2.75. The molecule has 0 spiro atoms. The fourth-order valence-electron chi connectivity index (χ4n) is 5.15. The molecule has 3 aliphatic rings. The van der Waals surface area contributed by atoms with Gasteiger partial charge in [-0.25, -0.2) is 0 Å². The van der Waals surface area contributed by atoms with Gasteiger partial charge in [-0.3, -0.25) is 9.59 Å². The molecule has 0 aromatic carbocycles. The van der Waals surface area contributed by atoms with Gasteiger partial charge in [0.25, 0.3) is 0 Å². The highest BCUT2D eigenvalue weighted by atomic mass is 16.6. The standard InChI is InChI=1S/C19H27NO4/c1-9(2)18(6,10(3)4)16(21)23-14-12-7-19(8-20)13(11(12)5)15(14)24-17(19)22/h9-15H,7H2,1-6H3. The SMILES string of the molecule is CC1C2CC3(C#N)C(=O)OC(C2OC(=O)C(C)(C(C)C)C(C)C)C13. The molecule has 1 heterocycles. The Labute approximate surface area is 143 Å². The molecular weight excluding hydrogens is 306 g/mol. The Morgan fingerprint density at radius 2 is 1.96 bits per heavy atom. The lowest BCUT2D eigenvalue weighted by molar-refractivity contribution is -0.176. The Kier molecular flexibility index (Phi) is 3.75. The van der Waals surface area contributed by atoms with Crippen LogP contribution in [0.2, 0.25) is 0 Å². The summed E-state index contributed by atoms with van der Waals surface area (Å²) >= 11 is 0. The lowest BCUT2D eigenvalue weighted by Crippen LogP contribution is -2.46. The molecule has 5 nitrogen and oxygen atoms in total. The summed E-state index contributed by atoms with van der Waals surface area (Å²) in [6.45, 7) is 12.1. The Morgan fingerprint density at radius 1 is 1.38 bits per heavy atom. The summed E-state index contributed by atoms with van der Waals surface area (Å²) in [5.41, 5.74) is -1.60. The lowest BCUT2D eigenvalue weighted by Gasteiger charge is -2.38. The predicted octanol–water partition coefficient (Wildman–Crippen LogP) is 2.94.